The van der Waals surface area contributed by atoms with Gasteiger partial charge in [0, 0.05) is 25.8 Å². The van der Waals surface area contributed by atoms with Gasteiger partial charge in [-0.1, -0.05) is 12.8 Å². The summed E-state index contributed by atoms with van der Waals surface area (Å²) in [5.74, 6) is 0.715. The summed E-state index contributed by atoms with van der Waals surface area (Å²) in [7, 11) is 0. The first-order valence-electron chi connectivity index (χ1n) is 7.76. The van der Waals surface area contributed by atoms with Crippen LogP contribution in [0.2, 0.25) is 0 Å². The molecule has 0 aromatic heterocycles. The summed E-state index contributed by atoms with van der Waals surface area (Å²) in [6.45, 7) is 5.24. The highest BCUT2D eigenvalue weighted by atomic mass is 16.5. The summed E-state index contributed by atoms with van der Waals surface area (Å²) in [5, 5.41) is 3.79. The Morgan fingerprint density at radius 3 is 2.72 bits per heavy atom. The van der Waals surface area contributed by atoms with Crippen LogP contribution in [0.4, 0.5) is 0 Å². The summed E-state index contributed by atoms with van der Waals surface area (Å²) >= 11 is 0. The van der Waals surface area contributed by atoms with E-state index in [2.05, 4.69) is 12.2 Å². The standard InChI is InChI=1S/C15H27NO2/c1-12-13(4-8-17-12)11-16-14-5-9-18-15(10-14)6-2-3-7-15/h12-14,16H,2-11H2,1H3. The van der Waals surface area contributed by atoms with Crippen LogP contribution < -0.4 is 5.32 Å². The minimum atomic E-state index is 0.244. The van der Waals surface area contributed by atoms with Gasteiger partial charge in [0.1, 0.15) is 0 Å². The molecule has 0 bridgehead atoms. The molecule has 104 valence electrons. The Labute approximate surface area is 111 Å². The lowest BCUT2D eigenvalue weighted by molar-refractivity contribution is -0.0840. The van der Waals surface area contributed by atoms with Gasteiger partial charge in [0.25, 0.3) is 0 Å². The van der Waals surface area contributed by atoms with Crippen molar-refractivity contribution in [2.75, 3.05) is 19.8 Å². The van der Waals surface area contributed by atoms with Crippen molar-refractivity contribution in [2.45, 2.75) is 69.6 Å². The SMILES string of the molecule is CC1OCCC1CNC1CCOC2(CCCC2)C1. The number of nitrogens with one attached hydrogen (secondary N) is 1. The smallest absolute Gasteiger partial charge is 0.0697 e. The molecule has 0 aromatic rings. The molecule has 2 heterocycles. The third kappa shape index (κ3) is 2.73. The van der Waals surface area contributed by atoms with Gasteiger partial charge in [0.15, 0.2) is 0 Å². The van der Waals surface area contributed by atoms with Gasteiger partial charge < -0.3 is 14.8 Å². The average Bonchev–Trinajstić information content (AvgIpc) is 2.97. The molecule has 1 saturated carbocycles. The molecular weight excluding hydrogens is 226 g/mol. The van der Waals surface area contributed by atoms with Crippen molar-refractivity contribution in [3.63, 3.8) is 0 Å². The monoisotopic (exact) mass is 253 g/mol. The molecule has 18 heavy (non-hydrogen) atoms. The van der Waals surface area contributed by atoms with Crippen molar-refractivity contribution in [3.8, 4) is 0 Å². The Kier molecular flexibility index (Phi) is 3.92. The van der Waals surface area contributed by atoms with Crippen LogP contribution in [0.5, 0.6) is 0 Å². The Morgan fingerprint density at radius 1 is 1.17 bits per heavy atom. The fraction of sp³-hybridized carbons (Fsp3) is 1.00. The normalized spacial score (nSPS) is 39.5. The zero-order chi connectivity index (χ0) is 12.4. The molecule has 3 nitrogen and oxygen atoms in total. The van der Waals surface area contributed by atoms with Crippen molar-refractivity contribution in [2.24, 2.45) is 5.92 Å². The fourth-order valence-electron chi connectivity index (χ4n) is 3.93. The van der Waals surface area contributed by atoms with Gasteiger partial charge in [-0.3, -0.25) is 0 Å². The second-order valence-corrected chi connectivity index (χ2v) is 6.46. The molecule has 1 spiro atoms. The van der Waals surface area contributed by atoms with Crippen molar-refractivity contribution < 1.29 is 9.47 Å². The highest BCUT2D eigenvalue weighted by Crippen LogP contribution is 2.40. The van der Waals surface area contributed by atoms with Gasteiger partial charge in [0.2, 0.25) is 0 Å². The molecule has 3 heteroatoms. The van der Waals surface area contributed by atoms with Crippen molar-refractivity contribution in [1.82, 2.24) is 5.32 Å². The first kappa shape index (κ1) is 12.9. The summed E-state index contributed by atoms with van der Waals surface area (Å²) in [4.78, 5) is 0. The first-order valence-corrected chi connectivity index (χ1v) is 7.76. The van der Waals surface area contributed by atoms with E-state index < -0.39 is 0 Å². The molecule has 3 rings (SSSR count). The molecule has 3 atom stereocenters. The molecule has 0 aromatic carbocycles. The van der Waals surface area contributed by atoms with Gasteiger partial charge >= 0.3 is 0 Å². The predicted octanol–water partition coefficient (Wildman–Crippen LogP) is 2.49. The van der Waals surface area contributed by atoms with Crippen molar-refractivity contribution >= 4 is 0 Å². The quantitative estimate of drug-likeness (QED) is 0.838. The number of rotatable bonds is 3. The largest absolute Gasteiger partial charge is 0.378 e. The maximum atomic E-state index is 6.08. The Bertz CT molecular complexity index is 276. The molecule has 2 saturated heterocycles. The van der Waals surface area contributed by atoms with E-state index in [0.717, 1.165) is 19.8 Å². The number of hydrogen-bond acceptors (Lipinski definition) is 3. The van der Waals surface area contributed by atoms with Crippen LogP contribution in [-0.2, 0) is 9.47 Å². The van der Waals surface area contributed by atoms with E-state index in [-0.39, 0.29) is 5.60 Å². The van der Waals surface area contributed by atoms with Crippen molar-refractivity contribution in [3.05, 3.63) is 0 Å². The average molecular weight is 253 g/mol. The van der Waals surface area contributed by atoms with E-state index in [1.165, 1.54) is 44.9 Å². The summed E-state index contributed by atoms with van der Waals surface area (Å²) in [6, 6.07) is 0.671. The molecule has 1 aliphatic carbocycles. The minimum Gasteiger partial charge on any atom is -0.378 e. The third-order valence-corrected chi connectivity index (χ3v) is 5.21. The topological polar surface area (TPSA) is 30.5 Å². The molecule has 3 aliphatic rings. The highest BCUT2D eigenvalue weighted by molar-refractivity contribution is 4.93. The van der Waals surface area contributed by atoms with Crippen LogP contribution >= 0.6 is 0 Å². The van der Waals surface area contributed by atoms with Gasteiger partial charge in [-0.25, -0.2) is 0 Å². The molecule has 0 amide bonds. The summed E-state index contributed by atoms with van der Waals surface area (Å²) < 4.78 is 11.7. The molecule has 3 fully saturated rings. The predicted molar refractivity (Wildman–Crippen MR) is 71.7 cm³/mol. The molecular formula is C15H27NO2. The zero-order valence-electron chi connectivity index (χ0n) is 11.6. The molecule has 1 N–H and O–H groups in total. The lowest BCUT2D eigenvalue weighted by Crippen LogP contribution is -2.47. The maximum absolute atomic E-state index is 6.08. The van der Waals surface area contributed by atoms with E-state index >= 15 is 0 Å². The third-order valence-electron chi connectivity index (χ3n) is 5.21. The van der Waals surface area contributed by atoms with Crippen LogP contribution in [0.25, 0.3) is 0 Å². The van der Waals surface area contributed by atoms with Gasteiger partial charge in [0.05, 0.1) is 11.7 Å². The maximum Gasteiger partial charge on any atom is 0.0697 e. The van der Waals surface area contributed by atoms with Gasteiger partial charge in [-0.15, -0.1) is 0 Å². The lowest BCUT2D eigenvalue weighted by Gasteiger charge is -2.39. The van der Waals surface area contributed by atoms with Gasteiger partial charge in [-0.05, 0) is 44.9 Å². The first-order chi connectivity index (χ1) is 8.77. The highest BCUT2D eigenvalue weighted by Gasteiger charge is 2.40. The van der Waals surface area contributed by atoms with E-state index in [1.807, 2.05) is 0 Å². The lowest BCUT2D eigenvalue weighted by atomic mass is 9.88. The Morgan fingerprint density at radius 2 is 2.00 bits per heavy atom. The molecule has 2 aliphatic heterocycles. The number of ether oxygens (including phenoxy) is 2. The van der Waals surface area contributed by atoms with Gasteiger partial charge in [-0.2, -0.15) is 0 Å². The van der Waals surface area contributed by atoms with E-state index in [4.69, 9.17) is 9.47 Å². The van der Waals surface area contributed by atoms with Crippen LogP contribution in [0.15, 0.2) is 0 Å². The molecule has 3 unspecified atom stereocenters. The summed E-state index contributed by atoms with van der Waals surface area (Å²) in [5.41, 5.74) is 0.244. The fourth-order valence-corrected chi connectivity index (χ4v) is 3.93. The number of hydrogen-bond donors (Lipinski definition) is 1. The van der Waals surface area contributed by atoms with Crippen LogP contribution in [0.3, 0.4) is 0 Å². The van der Waals surface area contributed by atoms with E-state index in [1.54, 1.807) is 0 Å². The second-order valence-electron chi connectivity index (χ2n) is 6.46. The van der Waals surface area contributed by atoms with Crippen molar-refractivity contribution in [1.29, 1.82) is 0 Å². The molecule has 0 radical (unpaired) electrons. The Hall–Kier alpha value is -0.120. The zero-order valence-corrected chi connectivity index (χ0v) is 11.6. The van der Waals surface area contributed by atoms with Crippen LogP contribution in [-0.4, -0.2) is 37.5 Å². The van der Waals surface area contributed by atoms with E-state index in [9.17, 15) is 0 Å². The Balaban J connectivity index is 1.47. The summed E-state index contributed by atoms with van der Waals surface area (Å²) in [6.07, 6.45) is 9.38. The van der Waals surface area contributed by atoms with E-state index in [0.29, 0.717) is 18.1 Å². The van der Waals surface area contributed by atoms with Crippen LogP contribution in [0, 0.1) is 5.92 Å². The minimum absolute atomic E-state index is 0.244. The second kappa shape index (κ2) is 5.48. The van der Waals surface area contributed by atoms with Crippen LogP contribution in [0.1, 0.15) is 51.9 Å².